The fourth-order valence-corrected chi connectivity index (χ4v) is 4.47. The van der Waals surface area contributed by atoms with Crippen LogP contribution in [-0.4, -0.2) is 44.7 Å². The van der Waals surface area contributed by atoms with Gasteiger partial charge in [-0.3, -0.25) is 0 Å². The minimum Gasteiger partial charge on any atom is -0.382 e. The number of halogens is 1. The molecule has 0 fully saturated rings. The average molecular weight is 434 g/mol. The van der Waals surface area contributed by atoms with Gasteiger partial charge in [-0.1, -0.05) is 12.1 Å². The summed E-state index contributed by atoms with van der Waals surface area (Å²) in [7, 11) is -0.640. The number of hydrogen-bond donors (Lipinski definition) is 1. The zero-order valence-electron chi connectivity index (χ0n) is 16.8. The third kappa shape index (κ3) is 4.93. The van der Waals surface area contributed by atoms with Crippen molar-refractivity contribution in [1.29, 1.82) is 0 Å². The van der Waals surface area contributed by atoms with Crippen LogP contribution in [0.2, 0.25) is 0 Å². The van der Waals surface area contributed by atoms with Crippen molar-refractivity contribution in [2.45, 2.75) is 18.0 Å². The molecule has 0 aliphatic carbocycles. The van der Waals surface area contributed by atoms with Gasteiger partial charge in [0.25, 0.3) is 10.0 Å². The lowest BCUT2D eigenvalue weighted by Gasteiger charge is -2.12. The molecule has 1 N–H and O–H groups in total. The summed E-state index contributed by atoms with van der Waals surface area (Å²) in [6.07, 6.45) is 2.82. The Bertz CT molecular complexity index is 1100. The third-order valence-corrected chi connectivity index (χ3v) is 6.08. The lowest BCUT2D eigenvalue weighted by atomic mass is 10.2. The van der Waals surface area contributed by atoms with E-state index in [0.717, 1.165) is 3.97 Å². The summed E-state index contributed by atoms with van der Waals surface area (Å²) in [6, 6.07) is 11.2. The predicted molar refractivity (Wildman–Crippen MR) is 111 cm³/mol. The van der Waals surface area contributed by atoms with E-state index in [1.54, 1.807) is 44.5 Å². The first-order chi connectivity index (χ1) is 14.5. The maximum absolute atomic E-state index is 14.3. The molecule has 0 bridgehead atoms. The molecule has 3 rings (SSSR count). The molecule has 9 heteroatoms. The highest BCUT2D eigenvalue weighted by Gasteiger charge is 2.23. The van der Waals surface area contributed by atoms with Gasteiger partial charge in [-0.25, -0.2) is 17.4 Å². The number of nitrogens with zero attached hydrogens (tertiary/aromatic N) is 2. The maximum atomic E-state index is 14.3. The van der Waals surface area contributed by atoms with Crippen LogP contribution in [0.3, 0.4) is 0 Å². The van der Waals surface area contributed by atoms with Gasteiger partial charge in [0.15, 0.2) is 0 Å². The van der Waals surface area contributed by atoms with Gasteiger partial charge in [0.2, 0.25) is 5.95 Å². The van der Waals surface area contributed by atoms with Crippen molar-refractivity contribution in [1.82, 2.24) is 14.3 Å². The van der Waals surface area contributed by atoms with Gasteiger partial charge in [0.1, 0.15) is 0 Å². The number of hydrogen-bond acceptors (Lipinski definition) is 6. The van der Waals surface area contributed by atoms with Crippen LogP contribution in [0.1, 0.15) is 11.1 Å². The molecule has 0 amide bonds. The fourth-order valence-electron chi connectivity index (χ4n) is 3.01. The molecular weight excluding hydrogens is 409 g/mol. The molecular formula is C21H24FN3O4S. The zero-order chi connectivity index (χ0) is 21.6. The summed E-state index contributed by atoms with van der Waals surface area (Å²) in [6.45, 7) is 1.55. The first-order valence-electron chi connectivity index (χ1n) is 9.35. The minimum atomic E-state index is -3.98. The van der Waals surface area contributed by atoms with Gasteiger partial charge in [-0.05, 0) is 48.5 Å². The highest BCUT2D eigenvalue weighted by atomic mass is 32.2. The molecule has 3 aromatic rings. The van der Waals surface area contributed by atoms with Crippen LogP contribution >= 0.6 is 0 Å². The Labute approximate surface area is 175 Å². The van der Waals surface area contributed by atoms with Gasteiger partial charge >= 0.3 is 0 Å². The van der Waals surface area contributed by atoms with E-state index in [1.165, 1.54) is 24.5 Å². The average Bonchev–Trinajstić information content (AvgIpc) is 3.17. The number of aromatic nitrogens is 2. The van der Waals surface area contributed by atoms with Crippen LogP contribution in [0.4, 0.5) is 4.39 Å². The first-order valence-corrected chi connectivity index (χ1v) is 10.8. The van der Waals surface area contributed by atoms with Crippen LogP contribution in [-0.2, 0) is 32.6 Å². The SMILES string of the molecule is CNCc1cc(-c2cccnc2F)n(S(=O)(=O)c2cccc(COCCOC)c2)c1. The lowest BCUT2D eigenvalue weighted by Crippen LogP contribution is -2.14. The molecule has 7 nitrogen and oxygen atoms in total. The summed E-state index contributed by atoms with van der Waals surface area (Å²) in [4.78, 5) is 3.74. The van der Waals surface area contributed by atoms with E-state index >= 15 is 0 Å². The van der Waals surface area contributed by atoms with Crippen molar-refractivity contribution < 1.29 is 22.3 Å². The predicted octanol–water partition coefficient (Wildman–Crippen LogP) is 2.81. The van der Waals surface area contributed by atoms with E-state index in [0.29, 0.717) is 30.9 Å². The van der Waals surface area contributed by atoms with Gasteiger partial charge in [0.05, 0.1) is 36.0 Å². The Hall–Kier alpha value is -2.59. The second-order valence-corrected chi connectivity index (χ2v) is 8.41. The molecule has 30 heavy (non-hydrogen) atoms. The lowest BCUT2D eigenvalue weighted by molar-refractivity contribution is 0.0616. The quantitative estimate of drug-likeness (QED) is 0.391. The van der Waals surface area contributed by atoms with Crippen molar-refractivity contribution in [3.63, 3.8) is 0 Å². The molecule has 0 unspecified atom stereocenters. The molecule has 0 saturated heterocycles. The van der Waals surface area contributed by atoms with Crippen molar-refractivity contribution in [2.75, 3.05) is 27.4 Å². The third-order valence-electron chi connectivity index (χ3n) is 4.41. The van der Waals surface area contributed by atoms with Crippen molar-refractivity contribution in [3.05, 3.63) is 71.9 Å². The highest BCUT2D eigenvalue weighted by molar-refractivity contribution is 7.90. The molecule has 0 radical (unpaired) electrons. The number of rotatable bonds is 10. The van der Waals surface area contributed by atoms with Crippen LogP contribution in [0.25, 0.3) is 11.3 Å². The Morgan fingerprint density at radius 2 is 1.97 bits per heavy atom. The van der Waals surface area contributed by atoms with E-state index in [1.807, 2.05) is 0 Å². The molecule has 2 aromatic heterocycles. The number of methoxy groups -OCH3 is 1. The van der Waals surface area contributed by atoms with Gasteiger partial charge in [-0.2, -0.15) is 4.39 Å². The molecule has 2 heterocycles. The summed E-state index contributed by atoms with van der Waals surface area (Å²) < 4.78 is 52.7. The molecule has 0 aliphatic heterocycles. The summed E-state index contributed by atoms with van der Waals surface area (Å²) >= 11 is 0. The van der Waals surface area contributed by atoms with Crippen molar-refractivity contribution in [3.8, 4) is 11.3 Å². The largest absolute Gasteiger partial charge is 0.382 e. The Morgan fingerprint density at radius 3 is 2.70 bits per heavy atom. The van der Waals surface area contributed by atoms with Gasteiger partial charge in [0, 0.05) is 26.0 Å². The molecule has 0 aliphatic rings. The molecule has 160 valence electrons. The smallest absolute Gasteiger partial charge is 0.268 e. The Kier molecular flexibility index (Phi) is 7.33. The maximum Gasteiger partial charge on any atom is 0.268 e. The zero-order valence-corrected chi connectivity index (χ0v) is 17.7. The van der Waals surface area contributed by atoms with Gasteiger partial charge < -0.3 is 14.8 Å². The van der Waals surface area contributed by atoms with E-state index in [9.17, 15) is 12.8 Å². The van der Waals surface area contributed by atoms with E-state index in [-0.39, 0.29) is 22.8 Å². The summed E-state index contributed by atoms with van der Waals surface area (Å²) in [5, 5.41) is 2.98. The number of pyridine rings is 1. The molecule has 1 aromatic carbocycles. The van der Waals surface area contributed by atoms with E-state index in [2.05, 4.69) is 10.3 Å². The second kappa shape index (κ2) is 9.94. The highest BCUT2D eigenvalue weighted by Crippen LogP contribution is 2.28. The second-order valence-electron chi connectivity index (χ2n) is 6.60. The fraction of sp³-hybridized carbons (Fsp3) is 0.286. The van der Waals surface area contributed by atoms with Crippen LogP contribution < -0.4 is 5.32 Å². The van der Waals surface area contributed by atoms with Crippen LogP contribution in [0, 0.1) is 5.95 Å². The van der Waals surface area contributed by atoms with Crippen LogP contribution in [0.15, 0.2) is 59.8 Å². The van der Waals surface area contributed by atoms with E-state index in [4.69, 9.17) is 9.47 Å². The molecule has 0 atom stereocenters. The van der Waals surface area contributed by atoms with Crippen LogP contribution in [0.5, 0.6) is 0 Å². The number of ether oxygens (including phenoxy) is 2. The topological polar surface area (TPSA) is 82.5 Å². The van der Waals surface area contributed by atoms with Crippen molar-refractivity contribution in [2.24, 2.45) is 0 Å². The molecule has 0 spiro atoms. The summed E-state index contributed by atoms with van der Waals surface area (Å²) in [5.74, 6) is -0.733. The number of nitrogens with one attached hydrogen (secondary N) is 1. The Morgan fingerprint density at radius 1 is 1.13 bits per heavy atom. The Balaban J connectivity index is 2.01. The van der Waals surface area contributed by atoms with E-state index < -0.39 is 16.0 Å². The minimum absolute atomic E-state index is 0.0903. The standard InChI is InChI=1S/C21H24FN3O4S/c1-23-13-17-12-20(19-7-4-8-24-21(19)22)25(14-17)30(26,27)18-6-3-5-16(11-18)15-29-10-9-28-2/h3-8,11-12,14,23H,9-10,13,15H2,1-2H3. The van der Waals surface area contributed by atoms with Gasteiger partial charge in [-0.15, -0.1) is 0 Å². The van der Waals surface area contributed by atoms with Crippen molar-refractivity contribution >= 4 is 10.0 Å². The first kappa shape index (κ1) is 22.1. The normalized spacial score (nSPS) is 11.7. The monoisotopic (exact) mass is 433 g/mol. The molecule has 0 saturated carbocycles. The number of benzene rings is 1. The summed E-state index contributed by atoms with van der Waals surface area (Å²) in [5.41, 5.74) is 1.75.